The highest BCUT2D eigenvalue weighted by molar-refractivity contribution is 6.04. The molecular formula is C30H25N7O3. The summed E-state index contributed by atoms with van der Waals surface area (Å²) in [5.74, 6) is 6.65. The minimum absolute atomic E-state index is 0.0961. The number of benzene rings is 2. The van der Waals surface area contributed by atoms with Crippen LogP contribution >= 0.6 is 0 Å². The molecule has 10 heteroatoms. The molecule has 4 heterocycles. The van der Waals surface area contributed by atoms with Crippen LogP contribution in [0.15, 0.2) is 76.2 Å². The van der Waals surface area contributed by atoms with Crippen molar-refractivity contribution < 1.29 is 9.21 Å². The summed E-state index contributed by atoms with van der Waals surface area (Å²) in [5, 5.41) is 14.8. The van der Waals surface area contributed by atoms with Crippen LogP contribution in [0.2, 0.25) is 0 Å². The summed E-state index contributed by atoms with van der Waals surface area (Å²) in [6.07, 6.45) is 7.08. The Labute approximate surface area is 229 Å². The molecule has 40 heavy (non-hydrogen) atoms. The fourth-order valence-corrected chi connectivity index (χ4v) is 4.76. The van der Waals surface area contributed by atoms with Crippen molar-refractivity contribution in [3.8, 4) is 23.0 Å². The number of amides is 1. The van der Waals surface area contributed by atoms with Crippen molar-refractivity contribution in [3.63, 3.8) is 0 Å². The number of nitrogens with two attached hydrogens (primary N) is 1. The van der Waals surface area contributed by atoms with E-state index in [-0.39, 0.29) is 16.8 Å². The number of aromatic nitrogens is 4. The molecule has 2 aromatic carbocycles. The van der Waals surface area contributed by atoms with E-state index in [2.05, 4.69) is 32.7 Å². The Bertz CT molecular complexity index is 1920. The van der Waals surface area contributed by atoms with Gasteiger partial charge >= 0.3 is 0 Å². The zero-order valence-electron chi connectivity index (χ0n) is 21.8. The number of carbonyl (C=O) groups excluding carboxylic acids is 1. The van der Waals surface area contributed by atoms with E-state index in [1.165, 1.54) is 4.68 Å². The molecule has 5 aromatic rings. The molecule has 4 N–H and O–H groups in total. The van der Waals surface area contributed by atoms with Gasteiger partial charge in [-0.1, -0.05) is 48.2 Å². The van der Waals surface area contributed by atoms with Crippen molar-refractivity contribution in [1.82, 2.24) is 24.9 Å². The van der Waals surface area contributed by atoms with Gasteiger partial charge in [0.15, 0.2) is 5.82 Å². The predicted molar refractivity (Wildman–Crippen MR) is 153 cm³/mol. The summed E-state index contributed by atoms with van der Waals surface area (Å²) in [5.41, 5.74) is 8.72. The minimum atomic E-state index is -0.681. The quantitative estimate of drug-likeness (QED) is 0.301. The van der Waals surface area contributed by atoms with Crippen LogP contribution in [0, 0.1) is 11.8 Å². The van der Waals surface area contributed by atoms with Crippen molar-refractivity contribution in [1.29, 1.82) is 0 Å². The lowest BCUT2D eigenvalue weighted by Crippen LogP contribution is -2.29. The second-order valence-electron chi connectivity index (χ2n) is 9.38. The molecule has 3 aromatic heterocycles. The maximum Gasteiger partial charge on any atom is 0.259 e. The third-order valence-corrected chi connectivity index (χ3v) is 6.59. The van der Waals surface area contributed by atoms with Gasteiger partial charge in [-0.2, -0.15) is 5.10 Å². The number of hydrogen-bond acceptors (Lipinski definition) is 7. The summed E-state index contributed by atoms with van der Waals surface area (Å²) in [7, 11) is 1.81. The van der Waals surface area contributed by atoms with Crippen LogP contribution in [-0.2, 0) is 7.05 Å². The van der Waals surface area contributed by atoms with Gasteiger partial charge in [0.1, 0.15) is 22.7 Å². The lowest BCUT2D eigenvalue weighted by atomic mass is 9.97. The first kappa shape index (κ1) is 24.8. The van der Waals surface area contributed by atoms with Gasteiger partial charge in [-0.25, -0.2) is 4.68 Å². The Morgan fingerprint density at radius 2 is 2.00 bits per heavy atom. The highest BCUT2D eigenvalue weighted by Gasteiger charge is 2.27. The van der Waals surface area contributed by atoms with Crippen LogP contribution in [0.1, 0.15) is 40.2 Å². The van der Waals surface area contributed by atoms with Crippen LogP contribution in [0.3, 0.4) is 0 Å². The van der Waals surface area contributed by atoms with E-state index >= 15 is 0 Å². The second kappa shape index (κ2) is 9.96. The Kier molecular flexibility index (Phi) is 6.16. The normalized spacial score (nSPS) is 12.8. The Morgan fingerprint density at radius 3 is 2.77 bits per heavy atom. The molecule has 0 fully saturated rings. The number of nitrogens with zero attached hydrogens (tertiary/aromatic N) is 4. The Hall–Kier alpha value is -5.56. The Morgan fingerprint density at radius 1 is 1.18 bits per heavy atom. The first-order valence-electron chi connectivity index (χ1n) is 12.7. The first-order chi connectivity index (χ1) is 19.4. The smallest absolute Gasteiger partial charge is 0.259 e. The lowest BCUT2D eigenvalue weighted by Gasteiger charge is -2.18. The fraction of sp³-hybridized carbons (Fsp3) is 0.133. The number of fused-ring (bicyclic) bond motifs is 2. The topological polar surface area (TPSA) is 133 Å². The number of hydrogen-bond donors (Lipinski definition) is 3. The number of rotatable bonds is 4. The molecule has 0 radical (unpaired) electrons. The van der Waals surface area contributed by atoms with Crippen LogP contribution in [0.5, 0.6) is 0 Å². The van der Waals surface area contributed by atoms with E-state index in [1.54, 1.807) is 48.4 Å². The fourth-order valence-electron chi connectivity index (χ4n) is 4.76. The zero-order chi connectivity index (χ0) is 27.8. The van der Waals surface area contributed by atoms with E-state index in [4.69, 9.17) is 10.2 Å². The third-order valence-electron chi connectivity index (χ3n) is 6.59. The van der Waals surface area contributed by atoms with Gasteiger partial charge in [-0.3, -0.25) is 14.3 Å². The van der Waals surface area contributed by atoms with E-state index < -0.39 is 11.9 Å². The molecule has 6 rings (SSSR count). The molecule has 1 aliphatic rings. The van der Waals surface area contributed by atoms with Gasteiger partial charge in [-0.05, 0) is 30.7 Å². The van der Waals surface area contributed by atoms with Gasteiger partial charge in [0.2, 0.25) is 5.43 Å². The average Bonchev–Trinajstić information content (AvgIpc) is 3.53. The van der Waals surface area contributed by atoms with Crippen molar-refractivity contribution in [2.24, 2.45) is 7.05 Å². The molecule has 0 saturated carbocycles. The number of carbonyl (C=O) groups is 1. The molecule has 0 spiro atoms. The van der Waals surface area contributed by atoms with Crippen LogP contribution in [0.25, 0.3) is 28.3 Å². The second-order valence-corrected chi connectivity index (χ2v) is 9.38. The van der Waals surface area contributed by atoms with Crippen LogP contribution in [0.4, 0.5) is 11.6 Å². The summed E-state index contributed by atoms with van der Waals surface area (Å²) >= 11 is 0. The molecule has 0 bridgehead atoms. The van der Waals surface area contributed by atoms with Crippen molar-refractivity contribution >= 4 is 34.7 Å². The molecule has 1 unspecified atom stereocenters. The molecule has 1 atom stereocenters. The molecule has 10 nitrogen and oxygen atoms in total. The predicted octanol–water partition coefficient (Wildman–Crippen LogP) is 3.76. The van der Waals surface area contributed by atoms with E-state index in [0.29, 0.717) is 45.8 Å². The maximum atomic E-state index is 14.1. The van der Waals surface area contributed by atoms with E-state index in [1.807, 2.05) is 43.5 Å². The number of nitrogens with one attached hydrogen (secondary N) is 2. The minimum Gasteiger partial charge on any atom is -0.458 e. The van der Waals surface area contributed by atoms with E-state index in [0.717, 1.165) is 5.56 Å². The highest BCUT2D eigenvalue weighted by atomic mass is 16.3. The summed E-state index contributed by atoms with van der Waals surface area (Å²) in [6.45, 7) is 2.31. The lowest BCUT2D eigenvalue weighted by molar-refractivity contribution is 0.0937. The van der Waals surface area contributed by atoms with Gasteiger partial charge in [0.05, 0.1) is 28.8 Å². The van der Waals surface area contributed by atoms with Crippen molar-refractivity contribution in [2.45, 2.75) is 13.0 Å². The van der Waals surface area contributed by atoms with Crippen LogP contribution in [-0.4, -0.2) is 32.0 Å². The summed E-state index contributed by atoms with van der Waals surface area (Å²) in [6, 6.07) is 13.8. The number of aryl methyl sites for hydroxylation is 1. The largest absolute Gasteiger partial charge is 0.458 e. The third kappa shape index (κ3) is 4.39. The molecule has 1 aliphatic heterocycles. The summed E-state index contributed by atoms with van der Waals surface area (Å²) < 4.78 is 9.56. The van der Waals surface area contributed by atoms with E-state index in [9.17, 15) is 9.59 Å². The summed E-state index contributed by atoms with van der Waals surface area (Å²) in [4.78, 5) is 27.5. The van der Waals surface area contributed by atoms with Crippen LogP contribution < -0.4 is 21.8 Å². The maximum absolute atomic E-state index is 14.1. The molecule has 198 valence electrons. The molecule has 1 amide bonds. The molecule has 0 saturated heterocycles. The number of anilines is 2. The molecular weight excluding hydrogens is 506 g/mol. The van der Waals surface area contributed by atoms with Gasteiger partial charge in [0.25, 0.3) is 5.91 Å². The zero-order valence-corrected chi connectivity index (χ0v) is 21.8. The van der Waals surface area contributed by atoms with Crippen molar-refractivity contribution in [3.05, 3.63) is 99.7 Å². The highest BCUT2D eigenvalue weighted by Crippen LogP contribution is 2.31. The van der Waals surface area contributed by atoms with Gasteiger partial charge in [0, 0.05) is 31.6 Å². The first-order valence-corrected chi connectivity index (χ1v) is 12.7. The number of nitrogen functional groups attached to an aromatic ring is 1. The SMILES string of the molecule is CC(NC(=O)c1c(N)nn2c1NCC=C2)c1oc2cccc(C#Cc3cnn(C)c3)c2c(=O)c1-c1ccccc1. The Balaban J connectivity index is 1.46. The van der Waals surface area contributed by atoms with Gasteiger partial charge < -0.3 is 20.8 Å². The van der Waals surface area contributed by atoms with Crippen molar-refractivity contribution in [2.75, 3.05) is 17.6 Å². The standard InChI is InChI=1S/C30H25N7O3/c1-18(34-30(39)25-28(31)35-37-15-7-14-32-29(25)37)27-24(20-8-4-3-5-9-20)26(38)23-21(10-6-11-22(23)40-27)13-12-19-16-33-36(2)17-19/h3-11,15-18,32H,14H2,1-2H3,(H2,31,35)(H,34,39). The van der Waals surface area contributed by atoms with Gasteiger partial charge in [-0.15, -0.1) is 5.10 Å². The molecule has 0 aliphatic carbocycles. The monoisotopic (exact) mass is 531 g/mol. The average molecular weight is 532 g/mol.